The summed E-state index contributed by atoms with van der Waals surface area (Å²) in [6, 6.07) is 9.04. The molecule has 0 spiro atoms. The molecule has 0 saturated carbocycles. The van der Waals surface area contributed by atoms with E-state index in [2.05, 4.69) is 4.98 Å². The van der Waals surface area contributed by atoms with Gasteiger partial charge in [0.2, 0.25) is 0 Å². The summed E-state index contributed by atoms with van der Waals surface area (Å²) < 4.78 is 24.6. The van der Waals surface area contributed by atoms with Crippen LogP contribution in [-0.2, 0) is 14.3 Å². The number of hydrogen-bond donors (Lipinski definition) is 1. The summed E-state index contributed by atoms with van der Waals surface area (Å²) in [6.07, 6.45) is 0. The molecule has 3 aromatic rings. The third-order valence-corrected chi connectivity index (χ3v) is 6.87. The zero-order valence-electron chi connectivity index (χ0n) is 20.0. The smallest absolute Gasteiger partial charge is 0.350 e. The van der Waals surface area contributed by atoms with Crippen LogP contribution in [0.3, 0.4) is 0 Å². The predicted octanol–water partition coefficient (Wildman–Crippen LogP) is 4.71. The van der Waals surface area contributed by atoms with Crippen LogP contribution in [-0.4, -0.2) is 41.5 Å². The van der Waals surface area contributed by atoms with E-state index in [0.29, 0.717) is 17.0 Å². The fourth-order valence-corrected chi connectivity index (χ4v) is 5.06. The Morgan fingerprint density at radius 2 is 1.94 bits per heavy atom. The molecule has 0 radical (unpaired) electrons. The first-order chi connectivity index (χ1) is 17.2. The van der Waals surface area contributed by atoms with E-state index in [4.69, 9.17) is 9.47 Å². The van der Waals surface area contributed by atoms with Crippen molar-refractivity contribution >= 4 is 39.9 Å². The van der Waals surface area contributed by atoms with Crippen molar-refractivity contribution in [1.29, 1.82) is 0 Å². The lowest BCUT2D eigenvalue weighted by molar-refractivity contribution is -0.132. The Kier molecular flexibility index (Phi) is 6.89. The van der Waals surface area contributed by atoms with E-state index < -0.39 is 35.3 Å². The molecule has 36 heavy (non-hydrogen) atoms. The van der Waals surface area contributed by atoms with Gasteiger partial charge >= 0.3 is 11.9 Å². The summed E-state index contributed by atoms with van der Waals surface area (Å²) in [5.74, 6) is -2.94. The maximum Gasteiger partial charge on any atom is 0.350 e. The second-order valence-electron chi connectivity index (χ2n) is 8.04. The minimum Gasteiger partial charge on any atom is -0.507 e. The zero-order valence-corrected chi connectivity index (χ0v) is 20.8. The highest BCUT2D eigenvalue weighted by Crippen LogP contribution is 2.44. The van der Waals surface area contributed by atoms with Crippen molar-refractivity contribution in [3.8, 4) is 5.75 Å². The van der Waals surface area contributed by atoms with Gasteiger partial charge in [0.1, 0.15) is 22.2 Å². The van der Waals surface area contributed by atoms with Gasteiger partial charge in [-0.2, -0.15) is 0 Å². The third kappa shape index (κ3) is 4.35. The lowest BCUT2D eigenvalue weighted by Crippen LogP contribution is -2.29. The number of ketones is 1. The number of esters is 1. The molecule has 2 heterocycles. The summed E-state index contributed by atoms with van der Waals surface area (Å²) in [5, 5.41) is 11.3. The number of rotatable bonds is 6. The molecular weight excluding hydrogens is 487 g/mol. The average Bonchev–Trinajstić information content (AvgIpc) is 3.35. The molecule has 1 atom stereocenters. The summed E-state index contributed by atoms with van der Waals surface area (Å²) in [7, 11) is 1.51. The maximum absolute atomic E-state index is 14.2. The number of aliphatic hydroxyl groups excluding tert-OH is 1. The molecule has 1 amide bonds. The quantitative estimate of drug-likeness (QED) is 0.222. The first-order valence-corrected chi connectivity index (χ1v) is 11.9. The van der Waals surface area contributed by atoms with Crippen LogP contribution >= 0.6 is 11.3 Å². The molecule has 0 aliphatic carbocycles. The molecule has 8 nitrogen and oxygen atoms in total. The number of aromatic nitrogens is 1. The van der Waals surface area contributed by atoms with Crippen molar-refractivity contribution < 1.29 is 33.4 Å². The normalized spacial score (nSPS) is 16.9. The fourth-order valence-electron chi connectivity index (χ4n) is 4.07. The van der Waals surface area contributed by atoms with Gasteiger partial charge in [0, 0.05) is 5.56 Å². The molecule has 1 aliphatic rings. The fraction of sp³-hybridized carbons (Fsp3) is 0.231. The molecule has 4 rings (SSSR count). The predicted molar refractivity (Wildman–Crippen MR) is 132 cm³/mol. The van der Waals surface area contributed by atoms with Crippen LogP contribution in [0.25, 0.3) is 5.76 Å². The van der Waals surface area contributed by atoms with Crippen LogP contribution in [0.5, 0.6) is 5.75 Å². The molecule has 1 N–H and O–H groups in total. The molecule has 2 aromatic carbocycles. The van der Waals surface area contributed by atoms with Gasteiger partial charge in [-0.05, 0) is 62.2 Å². The van der Waals surface area contributed by atoms with E-state index in [-0.39, 0.29) is 33.3 Å². The van der Waals surface area contributed by atoms with Crippen LogP contribution in [0.15, 0.2) is 48.0 Å². The summed E-state index contributed by atoms with van der Waals surface area (Å²) in [6.45, 7) is 5.17. The van der Waals surface area contributed by atoms with Crippen molar-refractivity contribution in [3.05, 3.63) is 81.1 Å². The Morgan fingerprint density at radius 1 is 1.19 bits per heavy atom. The van der Waals surface area contributed by atoms with Gasteiger partial charge < -0.3 is 14.6 Å². The minimum atomic E-state index is -1.18. The van der Waals surface area contributed by atoms with E-state index in [0.717, 1.165) is 16.2 Å². The number of benzene rings is 2. The lowest BCUT2D eigenvalue weighted by atomic mass is 9.95. The van der Waals surface area contributed by atoms with E-state index >= 15 is 0 Å². The SMILES string of the molecule is CCOC(=O)c1sc(N2C(=O)C(=O)/C(=C(/O)c3ccc(OC)c(C)c3)[C@@H]2c2cccc(F)c2)nc1C. The number of carbonyl (C=O) groups is 3. The Morgan fingerprint density at radius 3 is 2.58 bits per heavy atom. The monoisotopic (exact) mass is 510 g/mol. The molecule has 1 fully saturated rings. The van der Waals surface area contributed by atoms with Crippen LogP contribution in [0.1, 0.15) is 45.0 Å². The minimum absolute atomic E-state index is 0.0527. The average molecular weight is 511 g/mol. The number of aryl methyl sites for hydroxylation is 2. The number of amides is 1. The first-order valence-electron chi connectivity index (χ1n) is 11.0. The molecule has 186 valence electrons. The standard InChI is InChI=1S/C26H23FN2O6S/c1-5-35-25(33)23-14(3)28-26(36-23)29-20(15-7-6-8-17(27)12-15)19(22(31)24(29)32)21(30)16-9-10-18(34-4)13(2)11-16/h6-12,20,30H,5H2,1-4H3/b21-19+/t20-/m0/s1. The van der Waals surface area contributed by atoms with Gasteiger partial charge in [0.15, 0.2) is 5.13 Å². The van der Waals surface area contributed by atoms with E-state index in [9.17, 15) is 23.9 Å². The molecule has 1 saturated heterocycles. The third-order valence-electron chi connectivity index (χ3n) is 5.73. The summed E-state index contributed by atoms with van der Waals surface area (Å²) >= 11 is 0.883. The van der Waals surface area contributed by atoms with Gasteiger partial charge in [-0.15, -0.1) is 0 Å². The largest absolute Gasteiger partial charge is 0.507 e. The van der Waals surface area contributed by atoms with Gasteiger partial charge in [-0.1, -0.05) is 23.5 Å². The number of hydrogen-bond acceptors (Lipinski definition) is 8. The van der Waals surface area contributed by atoms with Crippen LogP contribution in [0.2, 0.25) is 0 Å². The van der Waals surface area contributed by atoms with Crippen molar-refractivity contribution in [2.45, 2.75) is 26.8 Å². The maximum atomic E-state index is 14.2. The molecule has 1 aliphatic heterocycles. The molecule has 1 aromatic heterocycles. The van der Waals surface area contributed by atoms with Crippen molar-refractivity contribution in [1.82, 2.24) is 4.98 Å². The molecule has 0 bridgehead atoms. The van der Waals surface area contributed by atoms with Gasteiger partial charge in [-0.25, -0.2) is 14.2 Å². The topological polar surface area (TPSA) is 106 Å². The highest BCUT2D eigenvalue weighted by Gasteiger charge is 2.48. The number of aliphatic hydroxyl groups is 1. The lowest BCUT2D eigenvalue weighted by Gasteiger charge is -2.23. The first kappa shape index (κ1) is 25.1. The number of carbonyl (C=O) groups excluding carboxylic acids is 3. The molecular formula is C26H23FN2O6S. The van der Waals surface area contributed by atoms with Crippen LogP contribution in [0.4, 0.5) is 9.52 Å². The van der Waals surface area contributed by atoms with E-state index in [1.54, 1.807) is 45.0 Å². The van der Waals surface area contributed by atoms with E-state index in [1.807, 2.05) is 0 Å². The van der Waals surface area contributed by atoms with E-state index in [1.165, 1.54) is 25.3 Å². The number of anilines is 1. The number of ether oxygens (including phenoxy) is 2. The Bertz CT molecular complexity index is 1410. The summed E-state index contributed by atoms with van der Waals surface area (Å²) in [4.78, 5) is 44.5. The Hall–Kier alpha value is -4.05. The zero-order chi connectivity index (χ0) is 26.1. The second-order valence-corrected chi connectivity index (χ2v) is 9.02. The van der Waals surface area contributed by atoms with Crippen molar-refractivity contribution in [2.24, 2.45) is 0 Å². The number of halogens is 1. The number of Topliss-reactive ketones (excluding diaryl/α,β-unsaturated/α-hetero) is 1. The Balaban J connectivity index is 1.92. The highest BCUT2D eigenvalue weighted by atomic mass is 32.1. The molecule has 10 heteroatoms. The van der Waals surface area contributed by atoms with Crippen LogP contribution < -0.4 is 9.64 Å². The van der Waals surface area contributed by atoms with Gasteiger partial charge in [0.05, 0.1) is 31.0 Å². The molecule has 0 unspecified atom stereocenters. The number of methoxy groups -OCH3 is 1. The van der Waals surface area contributed by atoms with Crippen molar-refractivity contribution in [2.75, 3.05) is 18.6 Å². The van der Waals surface area contributed by atoms with Gasteiger partial charge in [-0.3, -0.25) is 14.5 Å². The highest BCUT2D eigenvalue weighted by molar-refractivity contribution is 7.17. The van der Waals surface area contributed by atoms with Crippen LogP contribution in [0, 0.1) is 19.7 Å². The summed E-state index contributed by atoms with van der Waals surface area (Å²) in [5.41, 5.74) is 1.34. The number of nitrogens with zero attached hydrogens (tertiary/aromatic N) is 2. The number of thiazole rings is 1. The van der Waals surface area contributed by atoms with Crippen molar-refractivity contribution in [3.63, 3.8) is 0 Å². The second kappa shape index (κ2) is 9.90. The van der Waals surface area contributed by atoms with Gasteiger partial charge in [0.25, 0.3) is 5.78 Å². The Labute approximate surface area is 210 Å².